The third kappa shape index (κ3) is 3.15. The molecule has 3 rings (SSSR count). The molecular weight excluding hydrogens is 250 g/mol. The van der Waals surface area contributed by atoms with Gasteiger partial charge in [0.1, 0.15) is 5.75 Å². The van der Waals surface area contributed by atoms with Crippen molar-refractivity contribution in [2.75, 3.05) is 13.2 Å². The molecule has 1 aromatic rings. The molecule has 1 saturated heterocycles. The minimum Gasteiger partial charge on any atom is -0.490 e. The highest BCUT2D eigenvalue weighted by molar-refractivity contribution is 5.30. The quantitative estimate of drug-likeness (QED) is 0.864. The Morgan fingerprint density at radius 1 is 1.25 bits per heavy atom. The van der Waals surface area contributed by atoms with Crippen LogP contribution in [0.15, 0.2) is 24.3 Å². The van der Waals surface area contributed by atoms with Gasteiger partial charge in [0.15, 0.2) is 0 Å². The summed E-state index contributed by atoms with van der Waals surface area (Å²) in [4.78, 5) is 0. The van der Waals surface area contributed by atoms with Crippen LogP contribution in [0.1, 0.15) is 44.7 Å². The zero-order valence-electron chi connectivity index (χ0n) is 12.5. The highest BCUT2D eigenvalue weighted by Crippen LogP contribution is 2.34. The highest BCUT2D eigenvalue weighted by atomic mass is 16.5. The van der Waals surface area contributed by atoms with Gasteiger partial charge in [-0.05, 0) is 50.4 Å². The number of rotatable bonds is 6. The molecule has 2 fully saturated rings. The van der Waals surface area contributed by atoms with E-state index in [0.29, 0.717) is 24.2 Å². The van der Waals surface area contributed by atoms with E-state index in [1.807, 2.05) is 0 Å². The predicted molar refractivity (Wildman–Crippen MR) is 80.0 cm³/mol. The number of ether oxygens (including phenoxy) is 2. The minimum absolute atomic E-state index is 0.335. The SMILES string of the molecule is CCNC(c1ccc(OC2CC2)cc1)C1CCOC1C. The van der Waals surface area contributed by atoms with E-state index in [1.54, 1.807) is 0 Å². The second-order valence-electron chi connectivity index (χ2n) is 5.95. The molecule has 3 unspecified atom stereocenters. The lowest BCUT2D eigenvalue weighted by atomic mass is 9.88. The second kappa shape index (κ2) is 6.15. The summed E-state index contributed by atoms with van der Waals surface area (Å²) in [5, 5.41) is 3.62. The zero-order valence-corrected chi connectivity index (χ0v) is 12.5. The van der Waals surface area contributed by atoms with E-state index in [-0.39, 0.29) is 0 Å². The largest absolute Gasteiger partial charge is 0.490 e. The zero-order chi connectivity index (χ0) is 13.9. The van der Waals surface area contributed by atoms with Crippen LogP contribution in [0.3, 0.4) is 0 Å². The van der Waals surface area contributed by atoms with E-state index < -0.39 is 0 Å². The van der Waals surface area contributed by atoms with Gasteiger partial charge >= 0.3 is 0 Å². The van der Waals surface area contributed by atoms with Crippen molar-refractivity contribution in [3.8, 4) is 5.75 Å². The van der Waals surface area contributed by atoms with Crippen LogP contribution in [0, 0.1) is 5.92 Å². The summed E-state index contributed by atoms with van der Waals surface area (Å²) in [6, 6.07) is 9.01. The normalized spacial score (nSPS) is 27.5. The summed E-state index contributed by atoms with van der Waals surface area (Å²) in [5.41, 5.74) is 1.34. The third-order valence-electron chi connectivity index (χ3n) is 4.35. The van der Waals surface area contributed by atoms with Crippen LogP contribution in [-0.4, -0.2) is 25.4 Å². The molecule has 0 aromatic heterocycles. The first-order valence-electron chi connectivity index (χ1n) is 7.89. The molecule has 1 aliphatic heterocycles. The number of hydrogen-bond acceptors (Lipinski definition) is 3. The summed E-state index contributed by atoms with van der Waals surface area (Å²) in [7, 11) is 0. The Morgan fingerprint density at radius 2 is 2.00 bits per heavy atom. The fourth-order valence-electron chi connectivity index (χ4n) is 3.05. The van der Waals surface area contributed by atoms with E-state index in [0.717, 1.165) is 25.3 Å². The lowest BCUT2D eigenvalue weighted by Gasteiger charge is -2.27. The lowest BCUT2D eigenvalue weighted by Crippen LogP contribution is -2.31. The third-order valence-corrected chi connectivity index (χ3v) is 4.35. The van der Waals surface area contributed by atoms with Crippen molar-refractivity contribution in [3.05, 3.63) is 29.8 Å². The topological polar surface area (TPSA) is 30.5 Å². The summed E-state index contributed by atoms with van der Waals surface area (Å²) in [5.74, 6) is 1.56. The van der Waals surface area contributed by atoms with Crippen molar-refractivity contribution in [3.63, 3.8) is 0 Å². The van der Waals surface area contributed by atoms with Gasteiger partial charge in [-0.1, -0.05) is 19.1 Å². The van der Waals surface area contributed by atoms with Crippen molar-refractivity contribution < 1.29 is 9.47 Å². The van der Waals surface area contributed by atoms with E-state index in [4.69, 9.17) is 9.47 Å². The number of nitrogens with one attached hydrogen (secondary N) is 1. The van der Waals surface area contributed by atoms with E-state index in [1.165, 1.54) is 18.4 Å². The van der Waals surface area contributed by atoms with Crippen molar-refractivity contribution in [2.24, 2.45) is 5.92 Å². The molecule has 1 heterocycles. The molecule has 3 atom stereocenters. The average molecular weight is 275 g/mol. The molecule has 0 spiro atoms. The Morgan fingerprint density at radius 3 is 2.55 bits per heavy atom. The van der Waals surface area contributed by atoms with Crippen LogP contribution < -0.4 is 10.1 Å². The van der Waals surface area contributed by atoms with Gasteiger partial charge < -0.3 is 14.8 Å². The lowest BCUT2D eigenvalue weighted by molar-refractivity contribution is 0.0956. The van der Waals surface area contributed by atoms with Crippen molar-refractivity contribution in [1.29, 1.82) is 0 Å². The van der Waals surface area contributed by atoms with Crippen LogP contribution in [0.25, 0.3) is 0 Å². The maximum Gasteiger partial charge on any atom is 0.119 e. The molecule has 110 valence electrons. The Labute approximate surface area is 121 Å². The average Bonchev–Trinajstić information content (AvgIpc) is 3.17. The molecule has 0 bridgehead atoms. The van der Waals surface area contributed by atoms with Crippen LogP contribution >= 0.6 is 0 Å². The molecule has 1 saturated carbocycles. The molecule has 1 aliphatic carbocycles. The number of benzene rings is 1. The Balaban J connectivity index is 1.72. The summed E-state index contributed by atoms with van der Waals surface area (Å²) in [6.07, 6.45) is 4.35. The monoisotopic (exact) mass is 275 g/mol. The Hall–Kier alpha value is -1.06. The van der Waals surface area contributed by atoms with Crippen LogP contribution in [0.5, 0.6) is 5.75 Å². The first-order valence-corrected chi connectivity index (χ1v) is 7.89. The number of hydrogen-bond donors (Lipinski definition) is 1. The predicted octanol–water partition coefficient (Wildman–Crippen LogP) is 3.30. The molecule has 2 aliphatic rings. The standard InChI is InChI=1S/C17H25NO2/c1-3-18-17(16-10-11-19-12(16)2)13-4-6-14(7-5-13)20-15-8-9-15/h4-7,12,15-18H,3,8-11H2,1-2H3. The first kappa shape index (κ1) is 13.9. The van der Waals surface area contributed by atoms with Gasteiger partial charge in [0, 0.05) is 18.6 Å². The summed E-state index contributed by atoms with van der Waals surface area (Å²) >= 11 is 0. The summed E-state index contributed by atoms with van der Waals surface area (Å²) in [6.45, 7) is 6.22. The highest BCUT2D eigenvalue weighted by Gasteiger charge is 2.32. The second-order valence-corrected chi connectivity index (χ2v) is 5.95. The molecule has 1 N–H and O–H groups in total. The Kier molecular flexibility index (Phi) is 4.27. The van der Waals surface area contributed by atoms with Gasteiger partial charge in [0.25, 0.3) is 0 Å². The molecule has 3 nitrogen and oxygen atoms in total. The fraction of sp³-hybridized carbons (Fsp3) is 0.647. The van der Waals surface area contributed by atoms with E-state index in [9.17, 15) is 0 Å². The molecule has 3 heteroatoms. The van der Waals surface area contributed by atoms with Crippen LogP contribution in [-0.2, 0) is 4.74 Å². The van der Waals surface area contributed by atoms with Crippen molar-refractivity contribution >= 4 is 0 Å². The van der Waals surface area contributed by atoms with Crippen LogP contribution in [0.4, 0.5) is 0 Å². The maximum absolute atomic E-state index is 5.82. The van der Waals surface area contributed by atoms with E-state index >= 15 is 0 Å². The minimum atomic E-state index is 0.335. The fourth-order valence-corrected chi connectivity index (χ4v) is 3.05. The van der Waals surface area contributed by atoms with Gasteiger partial charge in [-0.15, -0.1) is 0 Å². The van der Waals surface area contributed by atoms with Crippen molar-refractivity contribution in [2.45, 2.75) is 51.4 Å². The van der Waals surface area contributed by atoms with Gasteiger partial charge in [-0.25, -0.2) is 0 Å². The van der Waals surface area contributed by atoms with Crippen LogP contribution in [0.2, 0.25) is 0 Å². The smallest absolute Gasteiger partial charge is 0.119 e. The van der Waals surface area contributed by atoms with Gasteiger partial charge in [-0.3, -0.25) is 0 Å². The molecule has 20 heavy (non-hydrogen) atoms. The molecule has 0 amide bonds. The molecule has 1 aromatic carbocycles. The molecule has 0 radical (unpaired) electrons. The molecular formula is C17H25NO2. The van der Waals surface area contributed by atoms with Gasteiger partial charge in [-0.2, -0.15) is 0 Å². The van der Waals surface area contributed by atoms with Crippen molar-refractivity contribution in [1.82, 2.24) is 5.32 Å². The van der Waals surface area contributed by atoms with Gasteiger partial charge in [0.2, 0.25) is 0 Å². The Bertz CT molecular complexity index is 427. The maximum atomic E-state index is 5.82. The van der Waals surface area contributed by atoms with E-state index in [2.05, 4.69) is 43.4 Å². The summed E-state index contributed by atoms with van der Waals surface area (Å²) < 4.78 is 11.6. The van der Waals surface area contributed by atoms with Gasteiger partial charge in [0.05, 0.1) is 12.2 Å². The first-order chi connectivity index (χ1) is 9.78.